The van der Waals surface area contributed by atoms with Gasteiger partial charge in [-0.3, -0.25) is 0 Å². The van der Waals surface area contributed by atoms with Crippen molar-refractivity contribution in [3.05, 3.63) is 12.8 Å². The molecule has 0 unspecified atom stereocenters. The Morgan fingerprint density at radius 2 is 2.00 bits per heavy atom. The number of hydrogen-bond acceptors (Lipinski definition) is 2. The molecule has 2 heteroatoms. The first-order valence-electron chi connectivity index (χ1n) is 4.24. The monoisotopic (exact) mass is 156 g/mol. The van der Waals surface area contributed by atoms with Gasteiger partial charge >= 0.3 is 0 Å². The van der Waals surface area contributed by atoms with E-state index in [0.717, 1.165) is 25.7 Å². The second-order valence-electron chi connectivity index (χ2n) is 3.13. The van der Waals surface area contributed by atoms with Gasteiger partial charge in [0.05, 0.1) is 12.4 Å². The molecule has 0 amide bonds. The molecule has 11 heavy (non-hydrogen) atoms. The zero-order valence-corrected chi connectivity index (χ0v) is 6.83. The predicted molar refractivity (Wildman–Crippen MR) is 44.1 cm³/mol. The van der Waals surface area contributed by atoms with Crippen molar-refractivity contribution in [3.8, 4) is 0 Å². The lowest BCUT2D eigenvalue weighted by molar-refractivity contribution is 0.0724. The normalized spacial score (nSPS) is 31.4. The average molecular weight is 156 g/mol. The van der Waals surface area contributed by atoms with Gasteiger partial charge in [0.25, 0.3) is 0 Å². The van der Waals surface area contributed by atoms with Crippen LogP contribution in [0.15, 0.2) is 12.8 Å². The first-order chi connectivity index (χ1) is 5.36. The third kappa shape index (κ3) is 2.54. The van der Waals surface area contributed by atoms with Gasteiger partial charge in [0.1, 0.15) is 0 Å². The topological polar surface area (TPSA) is 29.5 Å². The minimum atomic E-state index is 0.334. The van der Waals surface area contributed by atoms with Crippen LogP contribution in [-0.2, 0) is 4.74 Å². The maximum Gasteiger partial charge on any atom is 0.0978 e. The smallest absolute Gasteiger partial charge is 0.0978 e. The molecule has 0 aromatic heterocycles. The number of hydrogen-bond donors (Lipinski definition) is 1. The summed E-state index contributed by atoms with van der Waals surface area (Å²) in [7, 11) is 0. The summed E-state index contributed by atoms with van der Waals surface area (Å²) >= 11 is 0. The van der Waals surface area contributed by atoms with Gasteiger partial charge in [-0.15, -0.1) is 0 Å². The molecule has 0 radical (unpaired) electrons. The third-order valence-electron chi connectivity index (χ3n) is 2.34. The molecule has 1 saturated carbocycles. The van der Waals surface area contributed by atoms with Crippen LogP contribution in [0.25, 0.3) is 0 Å². The summed E-state index contributed by atoms with van der Waals surface area (Å²) in [6.45, 7) is 3.86. The molecule has 0 heterocycles. The molecule has 0 spiro atoms. The Hall–Kier alpha value is -0.500. The molecule has 0 aromatic rings. The van der Waals surface area contributed by atoms with Crippen molar-refractivity contribution in [3.63, 3.8) is 0 Å². The number of ether oxygens (including phenoxy) is 1. The molecule has 2 nitrogen and oxygen atoms in total. The fraction of sp³-hybridized carbons (Fsp3) is 0.778. The van der Waals surface area contributed by atoms with Crippen LogP contribution in [0.1, 0.15) is 25.7 Å². The second kappa shape index (κ2) is 4.39. The summed E-state index contributed by atoms with van der Waals surface area (Å²) in [6.07, 6.45) is 6.19. The maximum atomic E-state index is 8.85. The van der Waals surface area contributed by atoms with Crippen molar-refractivity contribution in [2.45, 2.75) is 31.8 Å². The lowest BCUT2D eigenvalue weighted by Crippen LogP contribution is -2.21. The largest absolute Gasteiger partial charge is 0.499 e. The molecule has 0 atom stereocenters. The van der Waals surface area contributed by atoms with E-state index in [1.54, 1.807) is 0 Å². The van der Waals surface area contributed by atoms with Crippen LogP contribution in [0.4, 0.5) is 0 Å². The molecule has 1 fully saturated rings. The SMILES string of the molecule is C=COC1CCC(CO)CC1. The number of aliphatic hydroxyl groups is 1. The highest BCUT2D eigenvalue weighted by Crippen LogP contribution is 2.25. The first kappa shape index (κ1) is 8.60. The Bertz CT molecular complexity index is 115. The van der Waals surface area contributed by atoms with Gasteiger partial charge < -0.3 is 9.84 Å². The quantitative estimate of drug-likeness (QED) is 0.630. The Kier molecular flexibility index (Phi) is 3.43. The molecule has 1 rings (SSSR count). The Labute approximate surface area is 67.9 Å². The molecule has 0 aromatic carbocycles. The molecular formula is C9H16O2. The highest BCUT2D eigenvalue weighted by molar-refractivity contribution is 4.73. The van der Waals surface area contributed by atoms with Crippen molar-refractivity contribution in [1.82, 2.24) is 0 Å². The molecule has 0 bridgehead atoms. The van der Waals surface area contributed by atoms with Gasteiger partial charge in [-0.2, -0.15) is 0 Å². The molecule has 64 valence electrons. The van der Waals surface area contributed by atoms with Crippen LogP contribution in [-0.4, -0.2) is 17.8 Å². The Morgan fingerprint density at radius 3 is 2.45 bits per heavy atom. The van der Waals surface area contributed by atoms with Gasteiger partial charge in [-0.25, -0.2) is 0 Å². The predicted octanol–water partition coefficient (Wildman–Crippen LogP) is 1.70. The van der Waals surface area contributed by atoms with Gasteiger partial charge in [0.2, 0.25) is 0 Å². The van der Waals surface area contributed by atoms with Gasteiger partial charge in [0.15, 0.2) is 0 Å². The van der Waals surface area contributed by atoms with Gasteiger partial charge in [-0.05, 0) is 31.6 Å². The van der Waals surface area contributed by atoms with E-state index in [4.69, 9.17) is 9.84 Å². The lowest BCUT2D eigenvalue weighted by atomic mass is 9.88. The van der Waals surface area contributed by atoms with Crippen LogP contribution in [0, 0.1) is 5.92 Å². The first-order valence-corrected chi connectivity index (χ1v) is 4.24. The highest BCUT2D eigenvalue weighted by Gasteiger charge is 2.20. The van der Waals surface area contributed by atoms with Crippen LogP contribution in [0.5, 0.6) is 0 Å². The Morgan fingerprint density at radius 1 is 1.36 bits per heavy atom. The molecule has 1 aliphatic carbocycles. The van der Waals surface area contributed by atoms with E-state index in [0.29, 0.717) is 18.6 Å². The average Bonchev–Trinajstić information content (AvgIpc) is 2.07. The summed E-state index contributed by atoms with van der Waals surface area (Å²) < 4.78 is 5.26. The van der Waals surface area contributed by atoms with E-state index in [1.165, 1.54) is 6.26 Å². The minimum absolute atomic E-state index is 0.334. The van der Waals surface area contributed by atoms with E-state index in [9.17, 15) is 0 Å². The van der Waals surface area contributed by atoms with E-state index in [1.807, 2.05) is 0 Å². The summed E-state index contributed by atoms with van der Waals surface area (Å²) in [5, 5.41) is 8.85. The summed E-state index contributed by atoms with van der Waals surface area (Å²) in [5.74, 6) is 0.514. The Balaban J connectivity index is 2.18. The standard InChI is InChI=1S/C9H16O2/c1-2-11-9-5-3-8(7-10)4-6-9/h2,8-10H,1,3-7H2. The minimum Gasteiger partial charge on any atom is -0.499 e. The van der Waals surface area contributed by atoms with E-state index in [2.05, 4.69) is 6.58 Å². The van der Waals surface area contributed by atoms with Crippen LogP contribution < -0.4 is 0 Å². The van der Waals surface area contributed by atoms with E-state index in [-0.39, 0.29) is 0 Å². The van der Waals surface area contributed by atoms with Crippen molar-refractivity contribution >= 4 is 0 Å². The number of aliphatic hydroxyl groups excluding tert-OH is 1. The zero-order chi connectivity index (χ0) is 8.10. The molecule has 0 aliphatic heterocycles. The molecule has 1 aliphatic rings. The second-order valence-corrected chi connectivity index (χ2v) is 3.13. The maximum absolute atomic E-state index is 8.85. The van der Waals surface area contributed by atoms with E-state index >= 15 is 0 Å². The molecule has 0 saturated heterocycles. The zero-order valence-electron chi connectivity index (χ0n) is 6.83. The van der Waals surface area contributed by atoms with Crippen molar-refractivity contribution in [2.24, 2.45) is 5.92 Å². The van der Waals surface area contributed by atoms with Crippen molar-refractivity contribution < 1.29 is 9.84 Å². The van der Waals surface area contributed by atoms with Crippen LogP contribution in [0.3, 0.4) is 0 Å². The van der Waals surface area contributed by atoms with Crippen LogP contribution in [0.2, 0.25) is 0 Å². The number of rotatable bonds is 3. The highest BCUT2D eigenvalue weighted by atomic mass is 16.5. The molecular weight excluding hydrogens is 140 g/mol. The van der Waals surface area contributed by atoms with Crippen molar-refractivity contribution in [1.29, 1.82) is 0 Å². The molecule has 1 N–H and O–H groups in total. The van der Waals surface area contributed by atoms with Crippen LogP contribution >= 0.6 is 0 Å². The summed E-state index contributed by atoms with van der Waals surface area (Å²) in [4.78, 5) is 0. The summed E-state index contributed by atoms with van der Waals surface area (Å²) in [5.41, 5.74) is 0. The van der Waals surface area contributed by atoms with Gasteiger partial charge in [-0.1, -0.05) is 6.58 Å². The third-order valence-corrected chi connectivity index (χ3v) is 2.34. The fourth-order valence-corrected chi connectivity index (χ4v) is 1.59. The van der Waals surface area contributed by atoms with E-state index < -0.39 is 0 Å². The van der Waals surface area contributed by atoms with Gasteiger partial charge in [0, 0.05) is 6.61 Å². The summed E-state index contributed by atoms with van der Waals surface area (Å²) in [6, 6.07) is 0. The lowest BCUT2D eigenvalue weighted by Gasteiger charge is -2.26. The fourth-order valence-electron chi connectivity index (χ4n) is 1.59. The van der Waals surface area contributed by atoms with Crippen molar-refractivity contribution in [2.75, 3.05) is 6.61 Å².